The maximum absolute atomic E-state index is 13.7. The minimum atomic E-state index is -1.24. The maximum Gasteiger partial charge on any atom is 0.326 e. The Kier molecular flexibility index (Phi) is 13.6. The second kappa shape index (κ2) is 17.1. The van der Waals surface area contributed by atoms with Gasteiger partial charge in [-0.05, 0) is 62.1 Å². The molecule has 1 aromatic heterocycles. The molecule has 2 aromatic rings. The predicted octanol–water partition coefficient (Wildman–Crippen LogP) is 1.40. The van der Waals surface area contributed by atoms with E-state index in [9.17, 15) is 29.1 Å². The van der Waals surface area contributed by atoms with Crippen LogP contribution in [0.2, 0.25) is 0 Å². The van der Waals surface area contributed by atoms with Crippen LogP contribution < -0.4 is 27.4 Å². The number of amides is 4. The number of unbranched alkanes of at least 4 members (excludes halogenated alkanes) is 1. The number of aromatic amines is 1. The molecule has 0 aliphatic carbocycles. The summed E-state index contributed by atoms with van der Waals surface area (Å²) in [6.07, 6.45) is 4.76. The van der Waals surface area contributed by atoms with Crippen molar-refractivity contribution in [1.82, 2.24) is 25.8 Å². The van der Waals surface area contributed by atoms with E-state index in [1.54, 1.807) is 6.20 Å². The maximum atomic E-state index is 13.7. The van der Waals surface area contributed by atoms with E-state index in [-0.39, 0.29) is 30.6 Å². The quantitative estimate of drug-likeness (QED) is 0.125. The van der Waals surface area contributed by atoms with Gasteiger partial charge in [0.05, 0.1) is 6.04 Å². The van der Waals surface area contributed by atoms with E-state index < -0.39 is 53.9 Å². The number of benzene rings is 1. The first-order valence-electron chi connectivity index (χ1n) is 16.3. The van der Waals surface area contributed by atoms with Crippen LogP contribution in [0.3, 0.4) is 0 Å². The van der Waals surface area contributed by atoms with Crippen molar-refractivity contribution in [2.24, 2.45) is 23.3 Å². The van der Waals surface area contributed by atoms with Crippen LogP contribution in [0, 0.1) is 11.8 Å². The molecular weight excluding hydrogens is 590 g/mol. The van der Waals surface area contributed by atoms with Gasteiger partial charge in [-0.25, -0.2) is 4.79 Å². The zero-order valence-electron chi connectivity index (χ0n) is 27.4. The smallest absolute Gasteiger partial charge is 0.326 e. The fraction of sp³-hybridized carbons (Fsp3) is 0.606. The van der Waals surface area contributed by atoms with Crippen LogP contribution in [0.1, 0.15) is 71.8 Å². The highest BCUT2D eigenvalue weighted by Crippen LogP contribution is 2.22. The number of carbonyl (C=O) groups is 5. The van der Waals surface area contributed by atoms with E-state index in [0.29, 0.717) is 45.2 Å². The summed E-state index contributed by atoms with van der Waals surface area (Å²) in [5.41, 5.74) is 13.4. The van der Waals surface area contributed by atoms with Crippen LogP contribution in [0.5, 0.6) is 0 Å². The number of carboxylic acid groups (broad SMARTS) is 1. The highest BCUT2D eigenvalue weighted by Gasteiger charge is 2.39. The van der Waals surface area contributed by atoms with E-state index in [1.165, 1.54) is 4.90 Å². The average molecular weight is 642 g/mol. The molecule has 0 saturated carbocycles. The summed E-state index contributed by atoms with van der Waals surface area (Å²) in [6, 6.07) is 2.71. The minimum Gasteiger partial charge on any atom is -0.480 e. The number of nitrogens with two attached hydrogens (primary N) is 2. The summed E-state index contributed by atoms with van der Waals surface area (Å²) in [4.78, 5) is 70.6. The monoisotopic (exact) mass is 641 g/mol. The molecule has 6 atom stereocenters. The number of hydrogen-bond acceptors (Lipinski definition) is 7. The lowest BCUT2D eigenvalue weighted by Crippen LogP contribution is -2.59. The van der Waals surface area contributed by atoms with Crippen LogP contribution in [0.15, 0.2) is 30.5 Å². The van der Waals surface area contributed by atoms with Gasteiger partial charge in [0, 0.05) is 30.1 Å². The van der Waals surface area contributed by atoms with Crippen LogP contribution in [0.4, 0.5) is 0 Å². The lowest BCUT2D eigenvalue weighted by Gasteiger charge is -2.31. The van der Waals surface area contributed by atoms with Gasteiger partial charge in [-0.15, -0.1) is 0 Å². The molecule has 2 heterocycles. The van der Waals surface area contributed by atoms with Crippen molar-refractivity contribution >= 4 is 40.5 Å². The molecule has 1 aliphatic heterocycles. The van der Waals surface area contributed by atoms with Crippen LogP contribution >= 0.6 is 0 Å². The third kappa shape index (κ3) is 9.29. The molecule has 254 valence electrons. The number of hydrogen-bond donors (Lipinski definition) is 7. The third-order valence-electron chi connectivity index (χ3n) is 8.93. The molecule has 13 nitrogen and oxygen atoms in total. The first-order valence-corrected chi connectivity index (χ1v) is 16.3. The van der Waals surface area contributed by atoms with E-state index in [0.717, 1.165) is 16.5 Å². The largest absolute Gasteiger partial charge is 0.480 e. The molecule has 1 saturated heterocycles. The number of rotatable bonds is 17. The Morgan fingerprint density at radius 2 is 1.72 bits per heavy atom. The van der Waals surface area contributed by atoms with Crippen molar-refractivity contribution < 1.29 is 29.1 Å². The highest BCUT2D eigenvalue weighted by atomic mass is 16.4. The lowest BCUT2D eigenvalue weighted by atomic mass is 9.96. The van der Waals surface area contributed by atoms with Gasteiger partial charge in [-0.3, -0.25) is 19.2 Å². The molecule has 0 spiro atoms. The Morgan fingerprint density at radius 1 is 1.02 bits per heavy atom. The molecule has 13 heteroatoms. The molecule has 1 fully saturated rings. The van der Waals surface area contributed by atoms with Crippen molar-refractivity contribution in [3.8, 4) is 0 Å². The Labute approximate surface area is 270 Å². The summed E-state index contributed by atoms with van der Waals surface area (Å²) in [5, 5.41) is 19.1. The number of nitrogens with one attached hydrogen (secondary N) is 4. The first-order chi connectivity index (χ1) is 21.9. The Bertz CT molecular complexity index is 1360. The van der Waals surface area contributed by atoms with Gasteiger partial charge >= 0.3 is 5.97 Å². The standard InChI is InChI=1S/C33H51N7O6/c1-5-20(4)28(39-30(42)26-14-10-16-40(26)32(44)27(35)19(2)3)31(43)37-24(13-8-9-15-34)29(41)38-25(33(45)46)17-21-18-36-23-12-7-6-11-22(21)23/h6-7,11-12,18-20,24-28,36H,5,8-10,13-17,34-35H2,1-4H3,(H,37,43)(H,38,41)(H,39,42)(H,45,46)/t20-,24-,25-,26-,27-,28-/m0/s1. The first kappa shape index (κ1) is 36.5. The lowest BCUT2D eigenvalue weighted by molar-refractivity contribution is -0.142. The van der Waals surface area contributed by atoms with E-state index >= 15 is 0 Å². The van der Waals surface area contributed by atoms with Crippen LogP contribution in [-0.2, 0) is 30.4 Å². The predicted molar refractivity (Wildman–Crippen MR) is 175 cm³/mol. The molecule has 0 bridgehead atoms. The van der Waals surface area contributed by atoms with Crippen LogP contribution in [-0.4, -0.2) is 87.9 Å². The Hall–Kier alpha value is -3.97. The van der Waals surface area contributed by atoms with Gasteiger partial charge in [0.2, 0.25) is 23.6 Å². The number of aromatic nitrogens is 1. The Morgan fingerprint density at radius 3 is 2.37 bits per heavy atom. The van der Waals surface area contributed by atoms with Gasteiger partial charge in [0.15, 0.2) is 0 Å². The number of likely N-dealkylation sites (tertiary alicyclic amines) is 1. The number of fused-ring (bicyclic) bond motifs is 1. The van der Waals surface area contributed by atoms with Crippen molar-refractivity contribution in [3.63, 3.8) is 0 Å². The summed E-state index contributed by atoms with van der Waals surface area (Å²) in [5.74, 6) is -3.54. The van der Waals surface area contributed by atoms with Gasteiger partial charge in [0.25, 0.3) is 0 Å². The summed E-state index contributed by atoms with van der Waals surface area (Å²) >= 11 is 0. The van der Waals surface area contributed by atoms with Gasteiger partial charge < -0.3 is 42.4 Å². The number of H-pyrrole nitrogens is 1. The minimum absolute atomic E-state index is 0.0389. The average Bonchev–Trinajstić information content (AvgIpc) is 3.69. The van der Waals surface area contributed by atoms with Crippen molar-refractivity contribution in [2.75, 3.05) is 13.1 Å². The molecule has 1 aliphatic rings. The van der Waals surface area contributed by atoms with Crippen molar-refractivity contribution in [3.05, 3.63) is 36.0 Å². The number of para-hydroxylation sites is 1. The molecule has 9 N–H and O–H groups in total. The van der Waals surface area contributed by atoms with E-state index in [2.05, 4.69) is 20.9 Å². The summed E-state index contributed by atoms with van der Waals surface area (Å²) in [7, 11) is 0. The number of carbonyl (C=O) groups excluding carboxylic acids is 4. The fourth-order valence-corrected chi connectivity index (χ4v) is 5.75. The molecular formula is C33H51N7O6. The molecule has 0 unspecified atom stereocenters. The summed E-state index contributed by atoms with van der Waals surface area (Å²) < 4.78 is 0. The number of aliphatic carboxylic acids is 1. The molecule has 0 radical (unpaired) electrons. The molecule has 4 amide bonds. The molecule has 46 heavy (non-hydrogen) atoms. The fourth-order valence-electron chi connectivity index (χ4n) is 5.75. The Balaban J connectivity index is 1.75. The highest BCUT2D eigenvalue weighted by molar-refractivity contribution is 5.96. The molecule has 1 aromatic carbocycles. The zero-order chi connectivity index (χ0) is 34.0. The van der Waals surface area contributed by atoms with Crippen molar-refractivity contribution in [1.29, 1.82) is 0 Å². The van der Waals surface area contributed by atoms with Gasteiger partial charge in [-0.1, -0.05) is 52.3 Å². The number of carboxylic acids is 1. The second-order valence-electron chi connectivity index (χ2n) is 12.6. The summed E-state index contributed by atoms with van der Waals surface area (Å²) in [6.45, 7) is 8.20. The van der Waals surface area contributed by atoms with E-state index in [4.69, 9.17) is 11.5 Å². The topological polar surface area (TPSA) is 213 Å². The second-order valence-corrected chi connectivity index (χ2v) is 12.6. The van der Waals surface area contributed by atoms with E-state index in [1.807, 2.05) is 52.0 Å². The van der Waals surface area contributed by atoms with Gasteiger partial charge in [0.1, 0.15) is 24.2 Å². The molecule has 3 rings (SSSR count). The third-order valence-corrected chi connectivity index (χ3v) is 8.93. The zero-order valence-corrected chi connectivity index (χ0v) is 27.4. The van der Waals surface area contributed by atoms with Crippen LogP contribution in [0.25, 0.3) is 10.9 Å². The number of nitrogens with zero attached hydrogens (tertiary/aromatic N) is 1. The van der Waals surface area contributed by atoms with Crippen molar-refractivity contribution in [2.45, 2.75) is 103 Å². The normalized spacial score (nSPS) is 18.1. The van der Waals surface area contributed by atoms with Gasteiger partial charge in [-0.2, -0.15) is 0 Å². The SMILES string of the molecule is CC[C@H](C)[C@H](NC(=O)[C@@H]1CCCN1C(=O)[C@@H](N)C(C)C)C(=O)N[C@@H](CCCCN)C(=O)N[C@@H](Cc1c[nH]c2ccccc12)C(=O)O.